The second kappa shape index (κ2) is 13.3. The molecule has 0 aromatic heterocycles. The molecule has 2 aromatic rings. The van der Waals surface area contributed by atoms with Crippen LogP contribution in [0.5, 0.6) is 0 Å². The van der Waals surface area contributed by atoms with Gasteiger partial charge in [0.25, 0.3) is 0 Å². The van der Waals surface area contributed by atoms with Gasteiger partial charge in [-0.2, -0.15) is 0 Å². The van der Waals surface area contributed by atoms with Crippen molar-refractivity contribution in [1.29, 1.82) is 0 Å². The van der Waals surface area contributed by atoms with E-state index >= 15 is 0 Å². The number of hydrogen-bond donors (Lipinski definition) is 1. The number of rotatable bonds is 7. The number of amides is 2. The summed E-state index contributed by atoms with van der Waals surface area (Å²) in [5.41, 5.74) is -0.541. The summed E-state index contributed by atoms with van der Waals surface area (Å²) in [5, 5.41) is 2.85. The molecule has 0 saturated heterocycles. The predicted molar refractivity (Wildman–Crippen MR) is 142 cm³/mol. The Balaban J connectivity index is 2.43. The van der Waals surface area contributed by atoms with E-state index in [1.54, 1.807) is 96.0 Å². The number of terminal acetylenes is 1. The van der Waals surface area contributed by atoms with E-state index in [4.69, 9.17) is 25.5 Å². The van der Waals surface area contributed by atoms with Crippen molar-refractivity contribution in [3.05, 3.63) is 71.8 Å². The van der Waals surface area contributed by atoms with Crippen molar-refractivity contribution < 1.29 is 38.2 Å². The third-order valence-corrected chi connectivity index (χ3v) is 4.67. The van der Waals surface area contributed by atoms with Crippen LogP contribution >= 0.6 is 0 Å². The molecule has 0 aliphatic heterocycles. The molecule has 1 N–H and O–H groups in total. The maximum absolute atomic E-state index is 13.5. The zero-order valence-electron chi connectivity index (χ0n) is 22.9. The van der Waals surface area contributed by atoms with Gasteiger partial charge in [0.1, 0.15) is 11.2 Å². The lowest BCUT2D eigenvalue weighted by atomic mass is 10.0. The lowest BCUT2D eigenvalue weighted by molar-refractivity contribution is -0.181. The molecule has 2 amide bonds. The molecule has 0 aliphatic carbocycles. The highest BCUT2D eigenvalue weighted by molar-refractivity contribution is 5.88. The van der Waals surface area contributed by atoms with Crippen molar-refractivity contribution in [1.82, 2.24) is 10.4 Å². The van der Waals surface area contributed by atoms with Crippen LogP contribution in [0.25, 0.3) is 0 Å². The van der Waals surface area contributed by atoms with Gasteiger partial charge in [-0.15, -0.1) is 11.5 Å². The smallest absolute Gasteiger partial charge is 0.443 e. The van der Waals surface area contributed by atoms with Gasteiger partial charge in [0.2, 0.25) is 0 Å². The number of carbonyl (C=O) groups excluding carboxylic acids is 4. The summed E-state index contributed by atoms with van der Waals surface area (Å²) >= 11 is 0. The SMILES string of the molecule is C#CC(=O)ON(C[C@H](NC(=O)OC(C)(C)C)C(=O)OC(c1ccccc1)c1ccccc1)C(=O)OC(C)(C)C. The molecule has 0 bridgehead atoms. The Morgan fingerprint density at radius 1 is 0.846 bits per heavy atom. The summed E-state index contributed by atoms with van der Waals surface area (Å²) in [6.45, 7) is 9.04. The highest BCUT2D eigenvalue weighted by Gasteiger charge is 2.35. The molecule has 2 aromatic carbocycles. The van der Waals surface area contributed by atoms with Gasteiger partial charge in [0.05, 0.1) is 6.54 Å². The van der Waals surface area contributed by atoms with Gasteiger partial charge in [-0.25, -0.2) is 19.2 Å². The Hall–Kier alpha value is -4.52. The van der Waals surface area contributed by atoms with Gasteiger partial charge in [-0.05, 0) is 52.7 Å². The van der Waals surface area contributed by atoms with E-state index in [0.29, 0.717) is 16.2 Å². The summed E-state index contributed by atoms with van der Waals surface area (Å²) < 4.78 is 16.4. The fraction of sp³-hybridized carbons (Fsp3) is 0.379. The third-order valence-electron chi connectivity index (χ3n) is 4.67. The van der Waals surface area contributed by atoms with E-state index in [2.05, 4.69) is 5.32 Å². The Bertz CT molecular complexity index is 1140. The first-order valence-corrected chi connectivity index (χ1v) is 12.2. The molecular formula is C29H34N2O8. The summed E-state index contributed by atoms with van der Waals surface area (Å²) in [6.07, 6.45) is 2.16. The number of nitrogens with one attached hydrogen (secondary N) is 1. The van der Waals surface area contributed by atoms with Gasteiger partial charge in [0.15, 0.2) is 12.1 Å². The Morgan fingerprint density at radius 2 is 1.33 bits per heavy atom. The molecule has 2 rings (SSSR count). The third kappa shape index (κ3) is 10.8. The van der Waals surface area contributed by atoms with Crippen LogP contribution in [0.3, 0.4) is 0 Å². The zero-order chi connectivity index (χ0) is 29.2. The van der Waals surface area contributed by atoms with Crippen molar-refractivity contribution in [3.8, 4) is 12.3 Å². The van der Waals surface area contributed by atoms with Crippen LogP contribution in [0.15, 0.2) is 60.7 Å². The number of esters is 1. The second-order valence-corrected chi connectivity index (χ2v) is 10.4. The molecule has 0 aliphatic rings. The van der Waals surface area contributed by atoms with Crippen molar-refractivity contribution in [3.63, 3.8) is 0 Å². The molecule has 0 heterocycles. The first-order chi connectivity index (χ1) is 18.2. The summed E-state index contributed by atoms with van der Waals surface area (Å²) in [6, 6.07) is 16.4. The van der Waals surface area contributed by atoms with Gasteiger partial charge in [0, 0.05) is 5.92 Å². The Labute approximate surface area is 228 Å². The van der Waals surface area contributed by atoms with Gasteiger partial charge >= 0.3 is 24.1 Å². The van der Waals surface area contributed by atoms with Crippen molar-refractivity contribution in [2.45, 2.75) is 64.9 Å². The van der Waals surface area contributed by atoms with Crippen LogP contribution in [0.2, 0.25) is 0 Å². The molecular weight excluding hydrogens is 504 g/mol. The van der Waals surface area contributed by atoms with E-state index < -0.39 is 54.0 Å². The molecule has 0 unspecified atom stereocenters. The maximum atomic E-state index is 13.5. The van der Waals surface area contributed by atoms with Crippen LogP contribution < -0.4 is 5.32 Å². The minimum atomic E-state index is -1.55. The van der Waals surface area contributed by atoms with Gasteiger partial charge in [-0.1, -0.05) is 60.7 Å². The number of nitrogens with zero attached hydrogens (tertiary/aromatic N) is 1. The van der Waals surface area contributed by atoms with Crippen molar-refractivity contribution in [2.24, 2.45) is 0 Å². The number of benzene rings is 2. The fourth-order valence-electron chi connectivity index (χ4n) is 3.17. The Morgan fingerprint density at radius 3 is 1.77 bits per heavy atom. The summed E-state index contributed by atoms with van der Waals surface area (Å²) in [5.74, 6) is -0.428. The summed E-state index contributed by atoms with van der Waals surface area (Å²) in [4.78, 5) is 55.8. The lowest BCUT2D eigenvalue weighted by Gasteiger charge is -2.29. The molecule has 0 spiro atoms. The van der Waals surface area contributed by atoms with Crippen LogP contribution in [-0.4, -0.2) is 53.0 Å². The molecule has 1 atom stereocenters. The number of carbonyl (C=O) groups is 4. The van der Waals surface area contributed by atoms with Crippen LogP contribution in [0.1, 0.15) is 58.8 Å². The van der Waals surface area contributed by atoms with E-state index in [0.717, 1.165) is 0 Å². The number of ether oxygens (including phenoxy) is 3. The average molecular weight is 539 g/mol. The van der Waals surface area contributed by atoms with Crippen molar-refractivity contribution >= 4 is 24.1 Å². The summed E-state index contributed by atoms with van der Waals surface area (Å²) in [7, 11) is 0. The molecule has 0 radical (unpaired) electrons. The first-order valence-electron chi connectivity index (χ1n) is 12.2. The van der Waals surface area contributed by atoms with Gasteiger partial charge < -0.3 is 24.4 Å². The van der Waals surface area contributed by atoms with E-state index in [1.807, 2.05) is 12.1 Å². The van der Waals surface area contributed by atoms with Crippen molar-refractivity contribution in [2.75, 3.05) is 6.54 Å². The van der Waals surface area contributed by atoms with E-state index in [9.17, 15) is 19.2 Å². The maximum Gasteiger partial charge on any atom is 0.443 e. The molecule has 0 fully saturated rings. The highest BCUT2D eigenvalue weighted by atomic mass is 16.8. The van der Waals surface area contributed by atoms with E-state index in [1.165, 1.54) is 0 Å². The number of hydrogen-bond acceptors (Lipinski definition) is 8. The fourth-order valence-corrected chi connectivity index (χ4v) is 3.17. The molecule has 10 nitrogen and oxygen atoms in total. The molecule has 0 saturated carbocycles. The predicted octanol–water partition coefficient (Wildman–Crippen LogP) is 4.54. The van der Waals surface area contributed by atoms with Crippen LogP contribution in [-0.2, 0) is 28.6 Å². The average Bonchev–Trinajstić information content (AvgIpc) is 2.85. The second-order valence-electron chi connectivity index (χ2n) is 10.4. The molecule has 39 heavy (non-hydrogen) atoms. The van der Waals surface area contributed by atoms with Gasteiger partial charge in [-0.3, -0.25) is 0 Å². The topological polar surface area (TPSA) is 120 Å². The Kier molecular flexibility index (Phi) is 10.5. The number of hydroxylamine groups is 2. The molecule has 10 heteroatoms. The standard InChI is InChI=1S/C29H34N2O8/c1-8-23(32)39-31(27(35)38-29(5,6)7)19-22(30-26(34)37-28(2,3)4)25(33)36-24(20-15-11-9-12-16-20)21-17-13-10-14-18-21/h1,9-18,22,24H,19H2,2-7H3,(H,30,34)/t22-/m0/s1. The normalized spacial score (nSPS) is 11.9. The van der Waals surface area contributed by atoms with Crippen LogP contribution in [0.4, 0.5) is 9.59 Å². The number of alkyl carbamates (subject to hydrolysis) is 1. The zero-order valence-corrected chi connectivity index (χ0v) is 22.9. The molecule has 208 valence electrons. The minimum absolute atomic E-state index is 0.455. The first kappa shape index (κ1) is 30.7. The minimum Gasteiger partial charge on any atom is -0.451 e. The van der Waals surface area contributed by atoms with Crippen LogP contribution in [0, 0.1) is 12.3 Å². The largest absolute Gasteiger partial charge is 0.451 e. The lowest BCUT2D eigenvalue weighted by Crippen LogP contribution is -2.52. The monoisotopic (exact) mass is 538 g/mol. The quantitative estimate of drug-likeness (QED) is 0.236. The highest BCUT2D eigenvalue weighted by Crippen LogP contribution is 2.26. The van der Waals surface area contributed by atoms with E-state index in [-0.39, 0.29) is 0 Å².